The predicted molar refractivity (Wildman–Crippen MR) is 62.5 cm³/mol. The molecule has 1 amide bonds. The molecule has 82 valence electrons. The highest BCUT2D eigenvalue weighted by molar-refractivity contribution is 5.96. The number of nitrogens with one attached hydrogen (secondary N) is 1. The van der Waals surface area contributed by atoms with E-state index in [0.29, 0.717) is 6.54 Å². The molecule has 0 atom stereocenters. The highest BCUT2D eigenvalue weighted by Crippen LogP contribution is 2.09. The van der Waals surface area contributed by atoms with Crippen LogP contribution in [0.3, 0.4) is 0 Å². The van der Waals surface area contributed by atoms with E-state index in [1.807, 2.05) is 30.4 Å². The fourth-order valence-corrected chi connectivity index (χ4v) is 1.57. The molecule has 3 nitrogen and oxygen atoms in total. The summed E-state index contributed by atoms with van der Waals surface area (Å²) in [5, 5.41) is 2.88. The van der Waals surface area contributed by atoms with Gasteiger partial charge in [0.15, 0.2) is 0 Å². The van der Waals surface area contributed by atoms with Crippen molar-refractivity contribution in [2.24, 2.45) is 0 Å². The van der Waals surface area contributed by atoms with Crippen LogP contribution in [-0.2, 0) is 11.3 Å². The lowest BCUT2D eigenvalue weighted by Crippen LogP contribution is -2.24. The number of pyridine rings is 1. The first kappa shape index (κ1) is 10.6. The Kier molecular flexibility index (Phi) is 3.49. The van der Waals surface area contributed by atoms with Gasteiger partial charge in [0.05, 0.1) is 0 Å². The minimum absolute atomic E-state index is 0.00670. The first-order valence-corrected chi connectivity index (χ1v) is 5.40. The van der Waals surface area contributed by atoms with Gasteiger partial charge in [-0.2, -0.15) is 0 Å². The Balaban J connectivity index is 1.89. The van der Waals surface area contributed by atoms with Crippen LogP contribution in [0.2, 0.25) is 0 Å². The Hall–Kier alpha value is -1.90. The molecule has 0 saturated heterocycles. The molecule has 0 saturated carbocycles. The van der Waals surface area contributed by atoms with Gasteiger partial charge in [-0.3, -0.25) is 9.78 Å². The zero-order valence-corrected chi connectivity index (χ0v) is 9.02. The first-order valence-electron chi connectivity index (χ1n) is 5.40. The molecular formula is C13H14N2O. The molecule has 0 unspecified atom stereocenters. The second-order valence-corrected chi connectivity index (χ2v) is 3.68. The number of hydrogen-bond donors (Lipinski definition) is 1. The number of carbonyl (C=O) groups excluding carboxylic acids is 1. The van der Waals surface area contributed by atoms with Gasteiger partial charge in [0.25, 0.3) is 5.91 Å². The molecule has 1 aliphatic rings. The minimum Gasteiger partial charge on any atom is -0.348 e. The number of nitrogens with zero attached hydrogens (tertiary/aromatic N) is 1. The maximum Gasteiger partial charge on any atom is 0.251 e. The Morgan fingerprint density at radius 3 is 2.81 bits per heavy atom. The smallest absolute Gasteiger partial charge is 0.251 e. The summed E-state index contributed by atoms with van der Waals surface area (Å²) in [6.45, 7) is 0.548. The van der Waals surface area contributed by atoms with E-state index in [4.69, 9.17) is 0 Å². The molecule has 0 aromatic carbocycles. The van der Waals surface area contributed by atoms with E-state index in [1.54, 1.807) is 12.4 Å². The lowest BCUT2D eigenvalue weighted by Gasteiger charge is -2.08. The monoisotopic (exact) mass is 214 g/mol. The first-order chi connectivity index (χ1) is 7.86. The van der Waals surface area contributed by atoms with Gasteiger partial charge in [-0.15, -0.1) is 0 Å². The average Bonchev–Trinajstić information content (AvgIpc) is 2.38. The van der Waals surface area contributed by atoms with Gasteiger partial charge in [0.1, 0.15) is 0 Å². The van der Waals surface area contributed by atoms with Crippen molar-refractivity contribution in [3.63, 3.8) is 0 Å². The number of hydrogen-bond acceptors (Lipinski definition) is 2. The molecule has 0 fully saturated rings. The van der Waals surface area contributed by atoms with Crippen molar-refractivity contribution in [2.75, 3.05) is 0 Å². The SMILES string of the molecule is O=C(NCc1ccncc1)C1=CCCC=C1. The Labute approximate surface area is 94.9 Å². The topological polar surface area (TPSA) is 42.0 Å². The van der Waals surface area contributed by atoms with Crippen molar-refractivity contribution in [1.29, 1.82) is 0 Å². The molecule has 0 bridgehead atoms. The summed E-state index contributed by atoms with van der Waals surface area (Å²) < 4.78 is 0. The lowest BCUT2D eigenvalue weighted by molar-refractivity contribution is -0.117. The summed E-state index contributed by atoms with van der Waals surface area (Å²) in [6.07, 6.45) is 11.3. The molecule has 1 aliphatic carbocycles. The number of allylic oxidation sites excluding steroid dienone is 2. The van der Waals surface area contributed by atoms with Gasteiger partial charge in [-0.25, -0.2) is 0 Å². The highest BCUT2D eigenvalue weighted by atomic mass is 16.1. The van der Waals surface area contributed by atoms with Gasteiger partial charge in [-0.1, -0.05) is 18.2 Å². The number of rotatable bonds is 3. The van der Waals surface area contributed by atoms with Gasteiger partial charge >= 0.3 is 0 Å². The second kappa shape index (κ2) is 5.26. The largest absolute Gasteiger partial charge is 0.348 e. The van der Waals surface area contributed by atoms with E-state index >= 15 is 0 Å². The fraction of sp³-hybridized carbons (Fsp3) is 0.231. The van der Waals surface area contributed by atoms with Crippen LogP contribution in [0.4, 0.5) is 0 Å². The lowest BCUT2D eigenvalue weighted by atomic mass is 10.1. The van der Waals surface area contributed by atoms with Crippen LogP contribution in [-0.4, -0.2) is 10.9 Å². The van der Waals surface area contributed by atoms with Crippen LogP contribution in [0.5, 0.6) is 0 Å². The van der Waals surface area contributed by atoms with Crippen molar-refractivity contribution in [3.05, 3.63) is 53.9 Å². The van der Waals surface area contributed by atoms with Crippen LogP contribution in [0.25, 0.3) is 0 Å². The maximum absolute atomic E-state index is 11.7. The Morgan fingerprint density at radius 1 is 1.31 bits per heavy atom. The average molecular weight is 214 g/mol. The van der Waals surface area contributed by atoms with Crippen molar-refractivity contribution < 1.29 is 4.79 Å². The van der Waals surface area contributed by atoms with E-state index in [9.17, 15) is 4.79 Å². The van der Waals surface area contributed by atoms with E-state index < -0.39 is 0 Å². The summed E-state index contributed by atoms with van der Waals surface area (Å²) in [5.41, 5.74) is 1.82. The third-order valence-electron chi connectivity index (χ3n) is 2.46. The Morgan fingerprint density at radius 2 is 2.12 bits per heavy atom. The summed E-state index contributed by atoms with van der Waals surface area (Å²) in [7, 11) is 0. The third-order valence-corrected chi connectivity index (χ3v) is 2.46. The van der Waals surface area contributed by atoms with Crippen LogP contribution >= 0.6 is 0 Å². The number of amides is 1. The molecule has 1 aromatic heterocycles. The van der Waals surface area contributed by atoms with E-state index in [1.165, 1.54) is 0 Å². The molecule has 16 heavy (non-hydrogen) atoms. The molecular weight excluding hydrogens is 200 g/mol. The summed E-state index contributed by atoms with van der Waals surface area (Å²) in [4.78, 5) is 15.7. The molecule has 1 heterocycles. The standard InChI is InChI=1S/C13H14N2O/c16-13(12-4-2-1-3-5-12)15-10-11-6-8-14-9-7-11/h2,4-9H,1,3,10H2,(H,15,16). The van der Waals surface area contributed by atoms with Gasteiger partial charge < -0.3 is 5.32 Å². The van der Waals surface area contributed by atoms with E-state index in [-0.39, 0.29) is 5.91 Å². The van der Waals surface area contributed by atoms with Crippen LogP contribution in [0.15, 0.2) is 48.3 Å². The summed E-state index contributed by atoms with van der Waals surface area (Å²) >= 11 is 0. The molecule has 1 aromatic rings. The third kappa shape index (κ3) is 2.79. The molecule has 2 rings (SSSR count). The summed E-state index contributed by atoms with van der Waals surface area (Å²) in [5.74, 6) is -0.00670. The minimum atomic E-state index is -0.00670. The normalized spacial score (nSPS) is 14.4. The molecule has 0 radical (unpaired) electrons. The highest BCUT2D eigenvalue weighted by Gasteiger charge is 2.07. The number of aromatic nitrogens is 1. The van der Waals surface area contributed by atoms with Crippen molar-refractivity contribution in [2.45, 2.75) is 19.4 Å². The van der Waals surface area contributed by atoms with Crippen LogP contribution in [0, 0.1) is 0 Å². The van der Waals surface area contributed by atoms with Gasteiger partial charge in [0.2, 0.25) is 0 Å². The molecule has 0 spiro atoms. The zero-order valence-electron chi connectivity index (χ0n) is 9.02. The molecule has 3 heteroatoms. The van der Waals surface area contributed by atoms with Gasteiger partial charge in [0, 0.05) is 24.5 Å². The van der Waals surface area contributed by atoms with Crippen molar-refractivity contribution in [3.8, 4) is 0 Å². The Bertz CT molecular complexity index is 421. The quantitative estimate of drug-likeness (QED) is 0.835. The van der Waals surface area contributed by atoms with Crippen LogP contribution < -0.4 is 5.32 Å². The summed E-state index contributed by atoms with van der Waals surface area (Å²) in [6, 6.07) is 3.79. The fourth-order valence-electron chi connectivity index (χ4n) is 1.57. The maximum atomic E-state index is 11.7. The predicted octanol–water partition coefficient (Wildman–Crippen LogP) is 1.97. The van der Waals surface area contributed by atoms with E-state index in [2.05, 4.69) is 10.3 Å². The second-order valence-electron chi connectivity index (χ2n) is 3.68. The van der Waals surface area contributed by atoms with Crippen LogP contribution in [0.1, 0.15) is 18.4 Å². The zero-order chi connectivity index (χ0) is 11.2. The number of carbonyl (C=O) groups is 1. The van der Waals surface area contributed by atoms with Crippen molar-refractivity contribution >= 4 is 5.91 Å². The van der Waals surface area contributed by atoms with E-state index in [0.717, 1.165) is 24.0 Å². The van der Waals surface area contributed by atoms with Gasteiger partial charge in [-0.05, 0) is 30.5 Å². The molecule has 1 N–H and O–H groups in total. The molecule has 0 aliphatic heterocycles. The van der Waals surface area contributed by atoms with Crippen molar-refractivity contribution in [1.82, 2.24) is 10.3 Å².